The van der Waals surface area contributed by atoms with Gasteiger partial charge in [-0.15, -0.1) is 0 Å². The molecule has 2 amide bonds. The van der Waals surface area contributed by atoms with Crippen LogP contribution in [0.5, 0.6) is 0 Å². The number of carbonyl (C=O) groups is 2. The largest absolute Gasteiger partial charge is 0.417 e. The quantitative estimate of drug-likeness (QED) is 0.554. The zero-order chi connectivity index (χ0) is 18.4. The molecule has 2 atom stereocenters. The number of carbonyl (C=O) groups excluding carboxylic acids is 2. The minimum Gasteiger partial charge on any atom is -0.417 e. The van der Waals surface area contributed by atoms with Crippen LogP contribution in [0.15, 0.2) is 0 Å². The van der Waals surface area contributed by atoms with Crippen LogP contribution < -0.4 is 11.1 Å². The summed E-state index contributed by atoms with van der Waals surface area (Å²) in [5.74, 6) is -0.992. The number of amides is 2. The van der Waals surface area contributed by atoms with Gasteiger partial charge in [-0.05, 0) is 36.9 Å². The Morgan fingerprint density at radius 2 is 1.78 bits per heavy atom. The molecule has 0 aliphatic rings. The van der Waals surface area contributed by atoms with Crippen LogP contribution in [-0.4, -0.2) is 44.0 Å². The molecule has 0 bridgehead atoms. The maximum absolute atomic E-state index is 11.9. The Balaban J connectivity index is 4.55. The Labute approximate surface area is 141 Å². The minimum atomic E-state index is -1.90. The van der Waals surface area contributed by atoms with Gasteiger partial charge in [-0.1, -0.05) is 34.6 Å². The summed E-state index contributed by atoms with van der Waals surface area (Å²) in [4.78, 5) is 23.4. The third-order valence-corrected chi connectivity index (χ3v) is 8.87. The lowest BCUT2D eigenvalue weighted by Gasteiger charge is -2.36. The highest BCUT2D eigenvalue weighted by molar-refractivity contribution is 6.74. The first-order valence-electron chi connectivity index (χ1n) is 8.19. The molecule has 0 aromatic rings. The summed E-state index contributed by atoms with van der Waals surface area (Å²) in [7, 11) is -1.90. The summed E-state index contributed by atoms with van der Waals surface area (Å²) in [6.45, 7) is 14.8. The Hall–Kier alpha value is -0.923. The van der Waals surface area contributed by atoms with Crippen molar-refractivity contribution in [3.63, 3.8) is 0 Å². The molecule has 136 valence electrons. The van der Waals surface area contributed by atoms with Crippen molar-refractivity contribution >= 4 is 20.1 Å². The molecule has 0 rings (SSSR count). The van der Waals surface area contributed by atoms with E-state index in [1.54, 1.807) is 0 Å². The van der Waals surface area contributed by atoms with Crippen molar-refractivity contribution in [3.8, 4) is 0 Å². The second-order valence-electron chi connectivity index (χ2n) is 8.01. The lowest BCUT2D eigenvalue weighted by atomic mass is 10.0. The van der Waals surface area contributed by atoms with Gasteiger partial charge in [-0.2, -0.15) is 0 Å². The van der Waals surface area contributed by atoms with Crippen LogP contribution in [0.1, 0.15) is 47.5 Å². The maximum atomic E-state index is 11.9. The number of primary amides is 1. The van der Waals surface area contributed by atoms with Gasteiger partial charge in [-0.3, -0.25) is 9.59 Å². The van der Waals surface area contributed by atoms with E-state index >= 15 is 0 Å². The number of aliphatic hydroxyl groups is 1. The summed E-state index contributed by atoms with van der Waals surface area (Å²) in [6, 6.07) is -0.825. The molecule has 0 aromatic carbocycles. The number of nitrogens with one attached hydrogen (secondary N) is 1. The van der Waals surface area contributed by atoms with Crippen molar-refractivity contribution in [2.75, 3.05) is 6.61 Å². The lowest BCUT2D eigenvalue weighted by molar-refractivity contribution is -0.134. The monoisotopic (exact) mass is 346 g/mol. The van der Waals surface area contributed by atoms with Gasteiger partial charge in [0.25, 0.3) is 0 Å². The van der Waals surface area contributed by atoms with Crippen LogP contribution in [0, 0.1) is 5.92 Å². The molecular weight excluding hydrogens is 312 g/mol. The summed E-state index contributed by atoms with van der Waals surface area (Å²) in [5.41, 5.74) is 5.34. The van der Waals surface area contributed by atoms with E-state index in [1.165, 1.54) is 0 Å². The molecule has 0 saturated heterocycles. The summed E-state index contributed by atoms with van der Waals surface area (Å²) < 4.78 is 6.00. The Kier molecular flexibility index (Phi) is 8.44. The molecule has 7 heteroatoms. The van der Waals surface area contributed by atoms with Gasteiger partial charge in [0.1, 0.15) is 12.1 Å². The van der Waals surface area contributed by atoms with Crippen LogP contribution in [0.4, 0.5) is 0 Å². The molecule has 23 heavy (non-hydrogen) atoms. The highest BCUT2D eigenvalue weighted by atomic mass is 28.4. The van der Waals surface area contributed by atoms with Crippen LogP contribution in [0.25, 0.3) is 0 Å². The molecule has 0 radical (unpaired) electrons. The fraction of sp³-hybridized carbons (Fsp3) is 0.875. The van der Waals surface area contributed by atoms with E-state index in [0.29, 0.717) is 19.4 Å². The molecule has 0 aliphatic carbocycles. The number of hydrogen-bond donors (Lipinski definition) is 3. The predicted molar refractivity (Wildman–Crippen MR) is 94.4 cm³/mol. The molecule has 0 fully saturated rings. The van der Waals surface area contributed by atoms with E-state index in [4.69, 9.17) is 10.2 Å². The molecule has 0 aliphatic heterocycles. The van der Waals surface area contributed by atoms with Crippen molar-refractivity contribution in [2.45, 2.75) is 77.7 Å². The normalized spacial score (nSPS) is 15.3. The third kappa shape index (κ3) is 7.94. The minimum absolute atomic E-state index is 0.0753. The average molecular weight is 347 g/mol. The predicted octanol–water partition coefficient (Wildman–Crippen LogP) is 1.78. The summed E-state index contributed by atoms with van der Waals surface area (Å²) >= 11 is 0. The Morgan fingerprint density at radius 3 is 2.17 bits per heavy atom. The van der Waals surface area contributed by atoms with Crippen LogP contribution in [0.2, 0.25) is 18.1 Å². The highest BCUT2D eigenvalue weighted by Crippen LogP contribution is 2.36. The molecule has 0 aromatic heterocycles. The molecule has 0 unspecified atom stereocenters. The first-order chi connectivity index (χ1) is 10.3. The number of hydrogen-bond acceptors (Lipinski definition) is 4. The highest BCUT2D eigenvalue weighted by Gasteiger charge is 2.37. The van der Waals surface area contributed by atoms with Gasteiger partial charge in [0.05, 0.1) is 0 Å². The molecule has 4 N–H and O–H groups in total. The van der Waals surface area contributed by atoms with Gasteiger partial charge in [-0.25, -0.2) is 0 Å². The SMILES string of the molecule is CC(C)C[C@H](O)C(=O)N[C@@H](CCO[Si](C)(C)C(C)(C)C)C(N)=O. The van der Waals surface area contributed by atoms with E-state index in [2.05, 4.69) is 39.2 Å². The first-order valence-corrected chi connectivity index (χ1v) is 11.1. The molecular formula is C16H34N2O4Si. The van der Waals surface area contributed by atoms with Crippen molar-refractivity contribution in [2.24, 2.45) is 11.7 Å². The molecule has 0 saturated carbocycles. The third-order valence-electron chi connectivity index (χ3n) is 4.33. The van der Waals surface area contributed by atoms with Gasteiger partial charge >= 0.3 is 0 Å². The van der Waals surface area contributed by atoms with Gasteiger partial charge in [0, 0.05) is 6.61 Å². The van der Waals surface area contributed by atoms with Crippen molar-refractivity contribution in [3.05, 3.63) is 0 Å². The fourth-order valence-electron chi connectivity index (χ4n) is 1.76. The standard InChI is InChI=1S/C16H34N2O4Si/c1-11(2)10-13(19)15(21)18-12(14(17)20)8-9-22-23(6,7)16(3,4)5/h11-13,19H,8-10H2,1-7H3,(H2,17,20)(H,18,21)/t12-,13-/m0/s1. The first kappa shape index (κ1) is 22.1. The van der Waals surface area contributed by atoms with Crippen molar-refractivity contribution in [1.82, 2.24) is 5.32 Å². The van der Waals surface area contributed by atoms with E-state index in [9.17, 15) is 14.7 Å². The van der Waals surface area contributed by atoms with Gasteiger partial charge in [0.2, 0.25) is 11.8 Å². The van der Waals surface area contributed by atoms with Crippen LogP contribution >= 0.6 is 0 Å². The Morgan fingerprint density at radius 1 is 1.26 bits per heavy atom. The molecule has 0 heterocycles. The smallest absolute Gasteiger partial charge is 0.249 e. The molecule has 0 spiro atoms. The average Bonchev–Trinajstić information content (AvgIpc) is 2.34. The van der Waals surface area contributed by atoms with Gasteiger partial charge in [0.15, 0.2) is 8.32 Å². The van der Waals surface area contributed by atoms with E-state index < -0.39 is 32.3 Å². The van der Waals surface area contributed by atoms with Crippen molar-refractivity contribution < 1.29 is 19.1 Å². The second-order valence-corrected chi connectivity index (χ2v) is 12.8. The fourth-order valence-corrected chi connectivity index (χ4v) is 2.82. The van der Waals surface area contributed by atoms with Crippen LogP contribution in [0.3, 0.4) is 0 Å². The zero-order valence-electron chi connectivity index (χ0n) is 15.6. The Bertz CT molecular complexity index is 405. The summed E-state index contributed by atoms with van der Waals surface area (Å²) in [5, 5.41) is 12.4. The summed E-state index contributed by atoms with van der Waals surface area (Å²) in [6.07, 6.45) is -0.474. The topological polar surface area (TPSA) is 102 Å². The van der Waals surface area contributed by atoms with E-state index in [0.717, 1.165) is 0 Å². The van der Waals surface area contributed by atoms with E-state index in [1.807, 2.05) is 13.8 Å². The maximum Gasteiger partial charge on any atom is 0.249 e. The zero-order valence-corrected chi connectivity index (χ0v) is 16.6. The van der Waals surface area contributed by atoms with Crippen molar-refractivity contribution in [1.29, 1.82) is 0 Å². The number of aliphatic hydroxyl groups excluding tert-OH is 1. The molecule has 6 nitrogen and oxygen atoms in total. The number of nitrogens with two attached hydrogens (primary N) is 1. The van der Waals surface area contributed by atoms with Crippen LogP contribution in [-0.2, 0) is 14.0 Å². The second kappa shape index (κ2) is 8.80. The number of rotatable bonds is 9. The lowest BCUT2D eigenvalue weighted by Crippen LogP contribution is -2.49. The van der Waals surface area contributed by atoms with E-state index in [-0.39, 0.29) is 11.0 Å². The van der Waals surface area contributed by atoms with Gasteiger partial charge < -0.3 is 20.6 Å².